The first kappa shape index (κ1) is 10.7. The van der Waals surface area contributed by atoms with E-state index in [1.807, 2.05) is 11.8 Å². The van der Waals surface area contributed by atoms with Crippen LogP contribution < -0.4 is 0 Å². The van der Waals surface area contributed by atoms with Crippen LogP contribution in [0.4, 0.5) is 0 Å². The van der Waals surface area contributed by atoms with Crippen molar-refractivity contribution in [2.45, 2.75) is 32.1 Å². The number of hydrogen-bond donors (Lipinski definition) is 0. The molecular formula is C12H17NOS. The summed E-state index contributed by atoms with van der Waals surface area (Å²) < 4.78 is 0. The number of carbonyl (C=O) groups excluding carboxylic acids is 1. The molecule has 0 unspecified atom stereocenters. The lowest BCUT2D eigenvalue weighted by Crippen LogP contribution is -2.37. The van der Waals surface area contributed by atoms with Gasteiger partial charge in [-0.1, -0.05) is 6.92 Å². The molecule has 0 N–H and O–H groups in total. The summed E-state index contributed by atoms with van der Waals surface area (Å²) >= 11 is 1.76. The highest BCUT2D eigenvalue weighted by Gasteiger charge is 2.22. The molecule has 1 aliphatic heterocycles. The molecular weight excluding hydrogens is 206 g/mol. The maximum Gasteiger partial charge on any atom is 0.222 e. The lowest BCUT2D eigenvalue weighted by molar-refractivity contribution is -0.131. The standard InChI is InChI=1S/C12H17NOS/c1-2-12(14)13-6-3-10(4-7-13)11-5-8-15-9-11/h5,8-10H,2-4,6-7H2,1H3. The van der Waals surface area contributed by atoms with E-state index < -0.39 is 0 Å². The van der Waals surface area contributed by atoms with E-state index in [9.17, 15) is 4.79 Å². The topological polar surface area (TPSA) is 20.3 Å². The minimum atomic E-state index is 0.304. The summed E-state index contributed by atoms with van der Waals surface area (Å²) in [4.78, 5) is 13.5. The van der Waals surface area contributed by atoms with Crippen LogP contribution in [-0.2, 0) is 4.79 Å². The number of piperidine rings is 1. The van der Waals surface area contributed by atoms with Crippen molar-refractivity contribution in [3.05, 3.63) is 22.4 Å². The molecule has 82 valence electrons. The van der Waals surface area contributed by atoms with Crippen LogP contribution in [-0.4, -0.2) is 23.9 Å². The molecule has 0 aliphatic carbocycles. The number of amides is 1. The highest BCUT2D eigenvalue weighted by molar-refractivity contribution is 7.07. The van der Waals surface area contributed by atoms with E-state index in [2.05, 4.69) is 16.8 Å². The summed E-state index contributed by atoms with van der Waals surface area (Å²) in [5.41, 5.74) is 1.46. The van der Waals surface area contributed by atoms with Crippen molar-refractivity contribution >= 4 is 17.2 Å². The van der Waals surface area contributed by atoms with Crippen molar-refractivity contribution in [2.24, 2.45) is 0 Å². The van der Waals surface area contributed by atoms with Crippen LogP contribution in [0.1, 0.15) is 37.7 Å². The molecule has 2 heterocycles. The minimum Gasteiger partial charge on any atom is -0.343 e. The molecule has 0 bridgehead atoms. The Bertz CT molecular complexity index is 312. The average Bonchev–Trinajstić information content (AvgIpc) is 2.82. The summed E-state index contributed by atoms with van der Waals surface area (Å²) in [6, 6.07) is 2.21. The van der Waals surface area contributed by atoms with Crippen LogP contribution in [0.5, 0.6) is 0 Å². The molecule has 0 radical (unpaired) electrons. The van der Waals surface area contributed by atoms with E-state index >= 15 is 0 Å². The number of thiophene rings is 1. The quantitative estimate of drug-likeness (QED) is 0.755. The molecule has 1 saturated heterocycles. The van der Waals surface area contributed by atoms with Crippen LogP contribution in [0.25, 0.3) is 0 Å². The van der Waals surface area contributed by atoms with Gasteiger partial charge in [0.2, 0.25) is 5.91 Å². The van der Waals surface area contributed by atoms with Gasteiger partial charge in [-0.25, -0.2) is 0 Å². The molecule has 0 saturated carbocycles. The van der Waals surface area contributed by atoms with Crippen molar-refractivity contribution in [3.8, 4) is 0 Å². The summed E-state index contributed by atoms with van der Waals surface area (Å²) in [7, 11) is 0. The fourth-order valence-electron chi connectivity index (χ4n) is 2.19. The molecule has 0 spiro atoms. The van der Waals surface area contributed by atoms with Crippen molar-refractivity contribution in [1.82, 2.24) is 4.90 Å². The first-order chi connectivity index (χ1) is 7.31. The molecule has 1 aromatic heterocycles. The Morgan fingerprint density at radius 3 is 2.80 bits per heavy atom. The van der Waals surface area contributed by atoms with E-state index in [4.69, 9.17) is 0 Å². The van der Waals surface area contributed by atoms with Crippen LogP contribution in [0.15, 0.2) is 16.8 Å². The smallest absolute Gasteiger partial charge is 0.222 e. The van der Waals surface area contributed by atoms with E-state index in [1.54, 1.807) is 11.3 Å². The van der Waals surface area contributed by atoms with Crippen molar-refractivity contribution in [3.63, 3.8) is 0 Å². The monoisotopic (exact) mass is 223 g/mol. The molecule has 3 heteroatoms. The second kappa shape index (κ2) is 4.79. The van der Waals surface area contributed by atoms with Gasteiger partial charge >= 0.3 is 0 Å². The summed E-state index contributed by atoms with van der Waals surface area (Å²) in [5.74, 6) is 0.982. The van der Waals surface area contributed by atoms with Gasteiger partial charge in [-0.05, 0) is 41.1 Å². The Balaban J connectivity index is 1.90. The molecule has 2 nitrogen and oxygen atoms in total. The Hall–Kier alpha value is -0.830. The normalized spacial score (nSPS) is 18.1. The highest BCUT2D eigenvalue weighted by atomic mass is 32.1. The van der Waals surface area contributed by atoms with Gasteiger partial charge < -0.3 is 4.90 Å². The number of hydrogen-bond acceptors (Lipinski definition) is 2. The third kappa shape index (κ3) is 2.40. The Labute approximate surface area is 94.9 Å². The fourth-order valence-corrected chi connectivity index (χ4v) is 2.94. The van der Waals surface area contributed by atoms with Crippen LogP contribution in [0.2, 0.25) is 0 Å². The third-order valence-electron chi connectivity index (χ3n) is 3.16. The molecule has 1 fully saturated rings. The highest BCUT2D eigenvalue weighted by Crippen LogP contribution is 2.29. The molecule has 0 atom stereocenters. The van der Waals surface area contributed by atoms with Crippen LogP contribution in [0.3, 0.4) is 0 Å². The van der Waals surface area contributed by atoms with E-state index in [0.717, 1.165) is 25.9 Å². The number of carbonyl (C=O) groups is 1. The van der Waals surface area contributed by atoms with Gasteiger partial charge in [0.1, 0.15) is 0 Å². The van der Waals surface area contributed by atoms with Crippen molar-refractivity contribution in [1.29, 1.82) is 0 Å². The van der Waals surface area contributed by atoms with E-state index in [-0.39, 0.29) is 0 Å². The lowest BCUT2D eigenvalue weighted by Gasteiger charge is -2.31. The number of nitrogens with zero attached hydrogens (tertiary/aromatic N) is 1. The number of likely N-dealkylation sites (tertiary alicyclic amines) is 1. The maximum absolute atomic E-state index is 11.5. The van der Waals surface area contributed by atoms with Gasteiger partial charge in [-0.2, -0.15) is 11.3 Å². The molecule has 2 rings (SSSR count). The Morgan fingerprint density at radius 1 is 1.53 bits per heavy atom. The Morgan fingerprint density at radius 2 is 2.27 bits per heavy atom. The molecule has 1 amide bonds. The lowest BCUT2D eigenvalue weighted by atomic mass is 9.91. The molecule has 1 aromatic rings. The minimum absolute atomic E-state index is 0.304. The predicted molar refractivity (Wildman–Crippen MR) is 63.2 cm³/mol. The number of rotatable bonds is 2. The second-order valence-electron chi connectivity index (χ2n) is 4.07. The molecule has 15 heavy (non-hydrogen) atoms. The van der Waals surface area contributed by atoms with E-state index in [1.165, 1.54) is 5.56 Å². The zero-order valence-electron chi connectivity index (χ0n) is 9.11. The zero-order valence-corrected chi connectivity index (χ0v) is 9.93. The van der Waals surface area contributed by atoms with Gasteiger partial charge in [0.25, 0.3) is 0 Å². The fraction of sp³-hybridized carbons (Fsp3) is 0.583. The largest absolute Gasteiger partial charge is 0.343 e. The summed E-state index contributed by atoms with van der Waals surface area (Å²) in [6.45, 7) is 3.81. The maximum atomic E-state index is 11.5. The SMILES string of the molecule is CCC(=O)N1CCC(c2ccsc2)CC1. The van der Waals surface area contributed by atoms with Gasteiger partial charge in [-0.15, -0.1) is 0 Å². The van der Waals surface area contributed by atoms with Gasteiger partial charge in [0.15, 0.2) is 0 Å². The summed E-state index contributed by atoms with van der Waals surface area (Å²) in [5, 5.41) is 4.38. The second-order valence-corrected chi connectivity index (χ2v) is 4.85. The van der Waals surface area contributed by atoms with Gasteiger partial charge in [-0.3, -0.25) is 4.79 Å². The van der Waals surface area contributed by atoms with Crippen LogP contribution in [0, 0.1) is 0 Å². The summed E-state index contributed by atoms with van der Waals surface area (Å²) in [6.07, 6.45) is 2.90. The zero-order chi connectivity index (χ0) is 10.7. The van der Waals surface area contributed by atoms with Crippen molar-refractivity contribution < 1.29 is 4.79 Å². The average molecular weight is 223 g/mol. The van der Waals surface area contributed by atoms with Crippen LogP contribution >= 0.6 is 11.3 Å². The first-order valence-corrected chi connectivity index (χ1v) is 6.55. The van der Waals surface area contributed by atoms with Crippen molar-refractivity contribution in [2.75, 3.05) is 13.1 Å². The predicted octanol–water partition coefficient (Wildman–Crippen LogP) is 2.86. The molecule has 0 aromatic carbocycles. The molecule has 1 aliphatic rings. The Kier molecular flexibility index (Phi) is 3.41. The van der Waals surface area contributed by atoms with E-state index in [0.29, 0.717) is 18.2 Å². The first-order valence-electron chi connectivity index (χ1n) is 5.61. The third-order valence-corrected chi connectivity index (χ3v) is 3.87. The van der Waals surface area contributed by atoms with Gasteiger partial charge in [0.05, 0.1) is 0 Å². The van der Waals surface area contributed by atoms with Gasteiger partial charge in [0, 0.05) is 19.5 Å².